The molecule has 1 amide bonds. The lowest BCUT2D eigenvalue weighted by molar-refractivity contribution is -0.113. The van der Waals surface area contributed by atoms with Gasteiger partial charge >= 0.3 is 0 Å². The van der Waals surface area contributed by atoms with Gasteiger partial charge in [0.25, 0.3) is 0 Å². The van der Waals surface area contributed by atoms with Crippen molar-refractivity contribution in [2.45, 2.75) is 5.16 Å². The lowest BCUT2D eigenvalue weighted by Gasteiger charge is -2.09. The smallest absolute Gasteiger partial charge is 0.234 e. The van der Waals surface area contributed by atoms with E-state index in [2.05, 4.69) is 15.4 Å². The summed E-state index contributed by atoms with van der Waals surface area (Å²) in [7, 11) is 3.12. The minimum absolute atomic E-state index is 0.165. The van der Waals surface area contributed by atoms with E-state index in [1.54, 1.807) is 43.4 Å². The van der Waals surface area contributed by atoms with Gasteiger partial charge in [0, 0.05) is 23.9 Å². The number of anilines is 1. The van der Waals surface area contributed by atoms with E-state index in [4.69, 9.17) is 9.47 Å². The fraction of sp³-hybridized carbons (Fsp3) is 0.167. The Labute approximate surface area is 155 Å². The highest BCUT2D eigenvalue weighted by Crippen LogP contribution is 2.26. The minimum Gasteiger partial charge on any atom is -0.497 e. The van der Waals surface area contributed by atoms with Crippen LogP contribution in [0.2, 0.25) is 0 Å². The van der Waals surface area contributed by atoms with Gasteiger partial charge in [-0.3, -0.25) is 4.79 Å². The van der Waals surface area contributed by atoms with Crippen LogP contribution in [0.3, 0.4) is 0 Å². The monoisotopic (exact) mass is 370 g/mol. The van der Waals surface area contributed by atoms with Crippen LogP contribution in [0.15, 0.2) is 60.0 Å². The van der Waals surface area contributed by atoms with E-state index in [0.717, 1.165) is 5.69 Å². The number of benzene rings is 2. The normalized spacial score (nSPS) is 10.4. The zero-order chi connectivity index (χ0) is 18.4. The summed E-state index contributed by atoms with van der Waals surface area (Å²) in [5, 5.41) is 7.72. The van der Waals surface area contributed by atoms with Gasteiger partial charge in [-0.25, -0.2) is 9.67 Å². The molecule has 0 unspecified atom stereocenters. The number of nitrogens with zero attached hydrogens (tertiary/aromatic N) is 3. The van der Waals surface area contributed by atoms with Gasteiger partial charge < -0.3 is 14.8 Å². The van der Waals surface area contributed by atoms with Gasteiger partial charge in [-0.15, -0.1) is 5.10 Å². The summed E-state index contributed by atoms with van der Waals surface area (Å²) in [4.78, 5) is 16.4. The van der Waals surface area contributed by atoms with Crippen LogP contribution >= 0.6 is 11.8 Å². The van der Waals surface area contributed by atoms with Crippen LogP contribution in [0.5, 0.6) is 11.5 Å². The summed E-state index contributed by atoms with van der Waals surface area (Å²) in [5.41, 5.74) is 1.52. The summed E-state index contributed by atoms with van der Waals surface area (Å²) in [6.45, 7) is 0. The number of thioether (sulfide) groups is 1. The third-order valence-electron chi connectivity index (χ3n) is 3.46. The Bertz CT molecular complexity index is 861. The molecule has 1 heterocycles. The summed E-state index contributed by atoms with van der Waals surface area (Å²) in [5.74, 6) is 1.24. The molecule has 0 radical (unpaired) electrons. The molecule has 7 nitrogen and oxygen atoms in total. The molecule has 3 aromatic rings. The molecule has 26 heavy (non-hydrogen) atoms. The van der Waals surface area contributed by atoms with Gasteiger partial charge in [-0.2, -0.15) is 0 Å². The maximum absolute atomic E-state index is 12.2. The second-order valence-electron chi connectivity index (χ2n) is 5.25. The van der Waals surface area contributed by atoms with Crippen molar-refractivity contribution in [1.82, 2.24) is 14.8 Å². The second-order valence-corrected chi connectivity index (χ2v) is 6.19. The first-order valence-electron chi connectivity index (χ1n) is 7.81. The molecule has 0 aliphatic carbocycles. The van der Waals surface area contributed by atoms with Crippen LogP contribution in [-0.2, 0) is 4.79 Å². The minimum atomic E-state index is -0.165. The van der Waals surface area contributed by atoms with Gasteiger partial charge in [0.05, 0.1) is 25.7 Å². The average molecular weight is 370 g/mol. The van der Waals surface area contributed by atoms with Crippen LogP contribution in [-0.4, -0.2) is 40.6 Å². The maximum atomic E-state index is 12.2. The third-order valence-corrected chi connectivity index (χ3v) is 4.31. The molecule has 0 atom stereocenters. The van der Waals surface area contributed by atoms with Crippen LogP contribution in [0.25, 0.3) is 5.69 Å². The number of nitrogens with one attached hydrogen (secondary N) is 1. The van der Waals surface area contributed by atoms with Gasteiger partial charge in [0.15, 0.2) is 0 Å². The van der Waals surface area contributed by atoms with E-state index in [9.17, 15) is 4.79 Å². The number of carbonyl (C=O) groups excluding carboxylic acids is 1. The standard InChI is InChI=1S/C18H18N4O3S/c1-24-15-8-13(9-16(10-15)25-2)20-17(23)11-26-18-19-12-22(21-18)14-6-4-3-5-7-14/h3-10,12H,11H2,1-2H3,(H,20,23). The molecule has 0 aliphatic heterocycles. The largest absolute Gasteiger partial charge is 0.497 e. The quantitative estimate of drug-likeness (QED) is 0.644. The van der Waals surface area contributed by atoms with E-state index in [-0.39, 0.29) is 11.7 Å². The van der Waals surface area contributed by atoms with Crippen LogP contribution < -0.4 is 14.8 Å². The number of rotatable bonds is 7. The zero-order valence-electron chi connectivity index (χ0n) is 14.4. The molecule has 1 N–H and O–H groups in total. The second kappa shape index (κ2) is 8.39. The van der Waals surface area contributed by atoms with E-state index in [1.165, 1.54) is 11.8 Å². The zero-order valence-corrected chi connectivity index (χ0v) is 15.2. The number of para-hydroxylation sites is 1. The average Bonchev–Trinajstić information content (AvgIpc) is 3.16. The number of hydrogen-bond donors (Lipinski definition) is 1. The highest BCUT2D eigenvalue weighted by atomic mass is 32.2. The summed E-state index contributed by atoms with van der Waals surface area (Å²) in [6.07, 6.45) is 1.63. The van der Waals surface area contributed by atoms with Crippen molar-refractivity contribution in [1.29, 1.82) is 0 Å². The predicted octanol–water partition coefficient (Wildman–Crippen LogP) is 3.02. The summed E-state index contributed by atoms with van der Waals surface area (Å²) >= 11 is 1.27. The van der Waals surface area contributed by atoms with Gasteiger partial charge in [-0.05, 0) is 12.1 Å². The van der Waals surface area contributed by atoms with Gasteiger partial charge in [0.2, 0.25) is 11.1 Å². The molecule has 0 spiro atoms. The number of amides is 1. The van der Waals surface area contributed by atoms with Gasteiger partial charge in [-0.1, -0.05) is 30.0 Å². The first kappa shape index (κ1) is 17.8. The number of ether oxygens (including phenoxy) is 2. The highest BCUT2D eigenvalue weighted by molar-refractivity contribution is 7.99. The molecule has 2 aromatic carbocycles. The van der Waals surface area contributed by atoms with E-state index in [1.807, 2.05) is 30.3 Å². The summed E-state index contributed by atoms with van der Waals surface area (Å²) < 4.78 is 12.1. The number of methoxy groups -OCH3 is 2. The SMILES string of the molecule is COc1cc(NC(=O)CSc2ncn(-c3ccccc3)n2)cc(OC)c1. The molecule has 0 saturated carbocycles. The van der Waals surface area contributed by atoms with Crippen molar-refractivity contribution in [2.75, 3.05) is 25.3 Å². The topological polar surface area (TPSA) is 78.3 Å². The first-order chi connectivity index (χ1) is 12.7. The Morgan fingerprint density at radius 1 is 1.12 bits per heavy atom. The van der Waals surface area contributed by atoms with Crippen LogP contribution in [0.4, 0.5) is 5.69 Å². The van der Waals surface area contributed by atoms with Crippen molar-refractivity contribution in [3.8, 4) is 17.2 Å². The summed E-state index contributed by atoms with van der Waals surface area (Å²) in [6, 6.07) is 14.9. The lowest BCUT2D eigenvalue weighted by Crippen LogP contribution is -2.14. The fourth-order valence-electron chi connectivity index (χ4n) is 2.23. The Kier molecular flexibility index (Phi) is 5.75. The number of aromatic nitrogens is 3. The maximum Gasteiger partial charge on any atom is 0.234 e. The van der Waals surface area contributed by atoms with E-state index >= 15 is 0 Å². The van der Waals surface area contributed by atoms with Crippen molar-refractivity contribution in [3.05, 3.63) is 54.9 Å². The molecular weight excluding hydrogens is 352 g/mol. The Morgan fingerprint density at radius 2 is 1.81 bits per heavy atom. The molecular formula is C18H18N4O3S. The molecule has 8 heteroatoms. The molecule has 0 saturated heterocycles. The molecule has 1 aromatic heterocycles. The Balaban J connectivity index is 1.59. The van der Waals surface area contributed by atoms with Crippen LogP contribution in [0, 0.1) is 0 Å². The Morgan fingerprint density at radius 3 is 2.46 bits per heavy atom. The number of hydrogen-bond acceptors (Lipinski definition) is 6. The van der Waals surface area contributed by atoms with Crippen molar-refractivity contribution in [2.24, 2.45) is 0 Å². The molecule has 0 fully saturated rings. The van der Waals surface area contributed by atoms with Crippen molar-refractivity contribution in [3.63, 3.8) is 0 Å². The Hall–Kier alpha value is -3.00. The lowest BCUT2D eigenvalue weighted by atomic mass is 10.2. The van der Waals surface area contributed by atoms with Crippen molar-refractivity contribution >= 4 is 23.4 Å². The highest BCUT2D eigenvalue weighted by Gasteiger charge is 2.09. The van der Waals surface area contributed by atoms with E-state index < -0.39 is 0 Å². The van der Waals surface area contributed by atoms with Crippen LogP contribution in [0.1, 0.15) is 0 Å². The van der Waals surface area contributed by atoms with Gasteiger partial charge in [0.1, 0.15) is 17.8 Å². The van der Waals surface area contributed by atoms with Crippen molar-refractivity contribution < 1.29 is 14.3 Å². The van der Waals surface area contributed by atoms with E-state index in [0.29, 0.717) is 22.3 Å². The first-order valence-corrected chi connectivity index (χ1v) is 8.79. The fourth-order valence-corrected chi connectivity index (χ4v) is 2.83. The predicted molar refractivity (Wildman–Crippen MR) is 100 cm³/mol. The molecule has 134 valence electrons. The third kappa shape index (κ3) is 4.54. The number of carbonyl (C=O) groups is 1. The molecule has 3 rings (SSSR count). The molecule has 0 aliphatic rings. The molecule has 0 bridgehead atoms.